The summed E-state index contributed by atoms with van der Waals surface area (Å²) in [6, 6.07) is 2.38. The Morgan fingerprint density at radius 1 is 1.36 bits per heavy atom. The lowest BCUT2D eigenvalue weighted by atomic mass is 10.2. The van der Waals surface area contributed by atoms with Crippen molar-refractivity contribution in [2.75, 3.05) is 13.6 Å². The third-order valence-corrected chi connectivity index (χ3v) is 2.00. The highest BCUT2D eigenvalue weighted by Crippen LogP contribution is 2.20. The first-order valence-corrected chi connectivity index (χ1v) is 4.48. The van der Waals surface area contributed by atoms with Crippen LogP contribution >= 0.6 is 11.6 Å². The molecule has 0 unspecified atom stereocenters. The van der Waals surface area contributed by atoms with Gasteiger partial charge in [0.05, 0.1) is 0 Å². The molecular weight excluding hydrogens is 208 g/mol. The van der Waals surface area contributed by atoms with E-state index in [-0.39, 0.29) is 0 Å². The van der Waals surface area contributed by atoms with Gasteiger partial charge < -0.3 is 5.32 Å². The van der Waals surface area contributed by atoms with E-state index in [4.69, 9.17) is 11.6 Å². The molecule has 0 bridgehead atoms. The molecule has 4 heteroatoms. The molecule has 1 N–H and O–H groups in total. The van der Waals surface area contributed by atoms with Crippen molar-refractivity contribution in [2.45, 2.75) is 0 Å². The van der Waals surface area contributed by atoms with Gasteiger partial charge in [0.25, 0.3) is 0 Å². The molecule has 0 aliphatic heterocycles. The van der Waals surface area contributed by atoms with Crippen LogP contribution in [0, 0.1) is 11.6 Å². The molecule has 1 nitrogen and oxygen atoms in total. The van der Waals surface area contributed by atoms with E-state index in [0.717, 1.165) is 0 Å². The molecule has 1 aromatic carbocycles. The Kier molecular flexibility index (Phi) is 4.04. The molecule has 76 valence electrons. The molecule has 1 aromatic rings. The fraction of sp³-hybridized carbons (Fsp3) is 0.200. The van der Waals surface area contributed by atoms with Gasteiger partial charge in [0, 0.05) is 6.54 Å². The van der Waals surface area contributed by atoms with Gasteiger partial charge in [-0.3, -0.25) is 0 Å². The zero-order chi connectivity index (χ0) is 10.6. The predicted octanol–water partition coefficient (Wildman–Crippen LogP) is 2.85. The van der Waals surface area contributed by atoms with Crippen LogP contribution in [0.15, 0.2) is 18.2 Å². The summed E-state index contributed by atoms with van der Waals surface area (Å²) >= 11 is 5.32. The summed E-state index contributed by atoms with van der Waals surface area (Å²) in [6.07, 6.45) is 3.39. The lowest BCUT2D eigenvalue weighted by molar-refractivity contribution is 0.583. The van der Waals surface area contributed by atoms with Crippen molar-refractivity contribution in [3.05, 3.63) is 40.4 Å². The number of hydrogen-bond acceptors (Lipinski definition) is 1. The number of likely N-dealkylation sites (N-methyl/N-ethyl adjacent to an activating group) is 1. The van der Waals surface area contributed by atoms with Crippen molar-refractivity contribution in [1.29, 1.82) is 0 Å². The monoisotopic (exact) mass is 217 g/mol. The number of halogens is 3. The summed E-state index contributed by atoms with van der Waals surface area (Å²) in [5.74, 6) is -1.48. The molecule has 0 amide bonds. The number of hydrogen-bond donors (Lipinski definition) is 1. The van der Waals surface area contributed by atoms with Crippen molar-refractivity contribution in [2.24, 2.45) is 0 Å². The molecule has 0 atom stereocenters. The number of benzene rings is 1. The Morgan fingerprint density at radius 3 is 2.43 bits per heavy atom. The largest absolute Gasteiger partial charge is 0.316 e. The van der Waals surface area contributed by atoms with Gasteiger partial charge in [-0.1, -0.05) is 23.8 Å². The van der Waals surface area contributed by atoms with Crippen LogP contribution < -0.4 is 5.32 Å². The summed E-state index contributed by atoms with van der Waals surface area (Å²) in [5.41, 5.74) is 0.458. The molecule has 0 saturated carbocycles. The van der Waals surface area contributed by atoms with Crippen molar-refractivity contribution in [3.8, 4) is 0 Å². The van der Waals surface area contributed by atoms with Gasteiger partial charge in [-0.05, 0) is 24.7 Å². The Hall–Kier alpha value is -0.930. The predicted molar refractivity (Wildman–Crippen MR) is 54.3 cm³/mol. The fourth-order valence-electron chi connectivity index (χ4n) is 0.984. The van der Waals surface area contributed by atoms with Gasteiger partial charge in [-0.15, -0.1) is 0 Å². The van der Waals surface area contributed by atoms with E-state index in [9.17, 15) is 8.78 Å². The fourth-order valence-corrected chi connectivity index (χ4v) is 1.09. The van der Waals surface area contributed by atoms with Crippen LogP contribution in [0.1, 0.15) is 5.56 Å². The van der Waals surface area contributed by atoms with E-state index in [1.165, 1.54) is 12.1 Å². The van der Waals surface area contributed by atoms with Gasteiger partial charge in [-0.2, -0.15) is 0 Å². The van der Waals surface area contributed by atoms with E-state index in [0.29, 0.717) is 12.1 Å². The van der Waals surface area contributed by atoms with Crippen molar-refractivity contribution < 1.29 is 8.78 Å². The Balaban J connectivity index is 2.89. The van der Waals surface area contributed by atoms with Crippen LogP contribution in [-0.4, -0.2) is 13.6 Å². The normalized spacial score (nSPS) is 11.1. The lowest BCUT2D eigenvalue weighted by Gasteiger charge is -1.98. The van der Waals surface area contributed by atoms with Gasteiger partial charge >= 0.3 is 0 Å². The van der Waals surface area contributed by atoms with Gasteiger partial charge in [0.1, 0.15) is 16.7 Å². The van der Waals surface area contributed by atoms with Crippen molar-refractivity contribution in [3.63, 3.8) is 0 Å². The zero-order valence-electron chi connectivity index (χ0n) is 7.65. The van der Waals surface area contributed by atoms with Crippen LogP contribution in [0.4, 0.5) is 8.78 Å². The standard InChI is InChI=1S/C10H10ClF2N/c1-14-4-2-3-7-5-8(12)10(11)9(13)6-7/h2-3,5-6,14H,4H2,1H3. The van der Waals surface area contributed by atoms with E-state index in [2.05, 4.69) is 5.32 Å². The minimum absolute atomic E-state index is 0.458. The van der Waals surface area contributed by atoms with Crippen LogP contribution in [0.2, 0.25) is 5.02 Å². The topological polar surface area (TPSA) is 12.0 Å². The van der Waals surface area contributed by atoms with Gasteiger partial charge in [0.2, 0.25) is 0 Å². The van der Waals surface area contributed by atoms with E-state index in [1.54, 1.807) is 19.2 Å². The second-order valence-corrected chi connectivity index (χ2v) is 3.14. The second kappa shape index (κ2) is 5.08. The SMILES string of the molecule is CNCC=Cc1cc(F)c(Cl)c(F)c1. The Labute approximate surface area is 86.4 Å². The first-order valence-electron chi connectivity index (χ1n) is 4.11. The zero-order valence-corrected chi connectivity index (χ0v) is 8.41. The Bertz CT molecular complexity index is 327. The first kappa shape index (κ1) is 11.1. The van der Waals surface area contributed by atoms with E-state index < -0.39 is 16.7 Å². The highest BCUT2D eigenvalue weighted by atomic mass is 35.5. The van der Waals surface area contributed by atoms with Crippen LogP contribution in [0.5, 0.6) is 0 Å². The van der Waals surface area contributed by atoms with E-state index in [1.807, 2.05) is 0 Å². The molecule has 1 rings (SSSR count). The number of rotatable bonds is 3. The molecular formula is C10H10ClF2N. The summed E-state index contributed by atoms with van der Waals surface area (Å²) in [5, 5.41) is 2.42. The smallest absolute Gasteiger partial charge is 0.145 e. The molecule has 0 fully saturated rings. The van der Waals surface area contributed by atoms with Gasteiger partial charge in [-0.25, -0.2) is 8.78 Å². The van der Waals surface area contributed by atoms with Crippen LogP contribution in [0.3, 0.4) is 0 Å². The molecule has 0 aliphatic carbocycles. The van der Waals surface area contributed by atoms with E-state index >= 15 is 0 Å². The van der Waals surface area contributed by atoms with Crippen molar-refractivity contribution >= 4 is 17.7 Å². The average Bonchev–Trinajstić information content (AvgIpc) is 2.14. The maximum Gasteiger partial charge on any atom is 0.145 e. The summed E-state index contributed by atoms with van der Waals surface area (Å²) < 4.78 is 25.9. The average molecular weight is 218 g/mol. The molecule has 14 heavy (non-hydrogen) atoms. The molecule has 0 aromatic heterocycles. The maximum atomic E-state index is 12.9. The summed E-state index contributed by atoms with van der Waals surface area (Å²) in [7, 11) is 1.79. The third-order valence-electron chi connectivity index (χ3n) is 1.64. The van der Waals surface area contributed by atoms with Crippen LogP contribution in [0.25, 0.3) is 6.08 Å². The highest BCUT2D eigenvalue weighted by molar-refractivity contribution is 6.30. The van der Waals surface area contributed by atoms with Crippen molar-refractivity contribution in [1.82, 2.24) is 5.32 Å². The third kappa shape index (κ3) is 2.79. The minimum Gasteiger partial charge on any atom is -0.316 e. The van der Waals surface area contributed by atoms with Crippen LogP contribution in [-0.2, 0) is 0 Å². The quantitative estimate of drug-likeness (QED) is 0.768. The second-order valence-electron chi connectivity index (χ2n) is 2.76. The highest BCUT2D eigenvalue weighted by Gasteiger charge is 2.06. The Morgan fingerprint density at radius 2 is 1.93 bits per heavy atom. The maximum absolute atomic E-state index is 12.9. The molecule has 0 aliphatic rings. The van der Waals surface area contributed by atoms with Gasteiger partial charge in [0.15, 0.2) is 0 Å². The summed E-state index contributed by atoms with van der Waals surface area (Å²) in [4.78, 5) is 0. The lowest BCUT2D eigenvalue weighted by Crippen LogP contribution is -2.03. The number of nitrogens with one attached hydrogen (secondary N) is 1. The molecule has 0 heterocycles. The first-order chi connectivity index (χ1) is 6.65. The minimum atomic E-state index is -0.740. The summed E-state index contributed by atoms with van der Waals surface area (Å²) in [6.45, 7) is 0.645. The molecule has 0 saturated heterocycles. The molecule has 0 radical (unpaired) electrons. The molecule has 0 spiro atoms.